The maximum Gasteiger partial charge on any atom is 0.237 e. The van der Waals surface area contributed by atoms with E-state index in [4.69, 9.17) is 10.8 Å². The Kier molecular flexibility index (Phi) is 8.37. The lowest BCUT2D eigenvalue weighted by Crippen LogP contribution is -2.41. The van der Waals surface area contributed by atoms with Crippen molar-refractivity contribution in [1.29, 1.82) is 0 Å². The third-order valence-electron chi connectivity index (χ3n) is 2.82. The summed E-state index contributed by atoms with van der Waals surface area (Å²) in [5, 5.41) is 11.5. The van der Waals surface area contributed by atoms with E-state index in [1.807, 2.05) is 13.8 Å². The number of rotatable bonds is 6. The molecule has 0 bridgehead atoms. The average Bonchev–Trinajstić information content (AvgIpc) is 2.35. The highest BCUT2D eigenvalue weighted by Crippen LogP contribution is 2.10. The minimum Gasteiger partial charge on any atom is -0.392 e. The van der Waals surface area contributed by atoms with Gasteiger partial charge >= 0.3 is 0 Å². The number of hydrogen-bond donors (Lipinski definition) is 3. The van der Waals surface area contributed by atoms with Gasteiger partial charge < -0.3 is 16.2 Å². The number of amides is 1. The first-order valence-corrected chi connectivity index (χ1v) is 6.35. The zero-order valence-corrected chi connectivity index (χ0v) is 12.5. The lowest BCUT2D eigenvalue weighted by molar-refractivity contribution is -0.122. The summed E-state index contributed by atoms with van der Waals surface area (Å²) >= 11 is 0. The fourth-order valence-corrected chi connectivity index (χ4v) is 1.76. The van der Waals surface area contributed by atoms with E-state index in [1.54, 1.807) is 6.07 Å². The van der Waals surface area contributed by atoms with Crippen molar-refractivity contribution in [2.45, 2.75) is 39.5 Å². The van der Waals surface area contributed by atoms with Crippen LogP contribution in [0.1, 0.15) is 31.4 Å². The number of aliphatic hydroxyl groups excluding tert-OH is 1. The Morgan fingerprint density at radius 3 is 2.60 bits per heavy atom. The molecule has 4 nitrogen and oxygen atoms in total. The summed E-state index contributed by atoms with van der Waals surface area (Å²) in [5.41, 5.74) is 6.62. The second-order valence-corrected chi connectivity index (χ2v) is 5.04. The first-order chi connectivity index (χ1) is 8.93. The van der Waals surface area contributed by atoms with Gasteiger partial charge in [0.05, 0.1) is 12.6 Å². The van der Waals surface area contributed by atoms with E-state index < -0.39 is 11.9 Å². The summed E-state index contributed by atoms with van der Waals surface area (Å²) in [6.45, 7) is 3.89. The first-order valence-electron chi connectivity index (χ1n) is 6.35. The average molecular weight is 305 g/mol. The van der Waals surface area contributed by atoms with Gasteiger partial charge in [-0.25, -0.2) is 4.39 Å². The highest BCUT2D eigenvalue weighted by molar-refractivity contribution is 5.85. The van der Waals surface area contributed by atoms with Gasteiger partial charge in [0.2, 0.25) is 5.91 Å². The molecule has 0 unspecified atom stereocenters. The zero-order valence-electron chi connectivity index (χ0n) is 11.7. The molecule has 0 aromatic heterocycles. The molecule has 0 fully saturated rings. The predicted molar refractivity (Wildman–Crippen MR) is 78.8 cm³/mol. The summed E-state index contributed by atoms with van der Waals surface area (Å²) < 4.78 is 13.4. The summed E-state index contributed by atoms with van der Waals surface area (Å²) in [7, 11) is 0. The van der Waals surface area contributed by atoms with Crippen LogP contribution in [0.5, 0.6) is 0 Å². The summed E-state index contributed by atoms with van der Waals surface area (Å²) in [5.74, 6) is -0.358. The molecule has 1 atom stereocenters. The molecular weight excluding hydrogens is 283 g/mol. The van der Waals surface area contributed by atoms with Gasteiger partial charge in [0.25, 0.3) is 0 Å². The number of benzene rings is 1. The number of carbonyl (C=O) groups is 1. The third kappa shape index (κ3) is 5.86. The predicted octanol–water partition coefficient (Wildman–Crippen LogP) is 1.73. The van der Waals surface area contributed by atoms with E-state index in [2.05, 4.69) is 5.32 Å². The summed E-state index contributed by atoms with van der Waals surface area (Å²) in [6.07, 6.45) is 0.615. The quantitative estimate of drug-likeness (QED) is 0.749. The van der Waals surface area contributed by atoms with Crippen LogP contribution >= 0.6 is 12.4 Å². The minimum atomic E-state index is -0.540. The van der Waals surface area contributed by atoms with Crippen LogP contribution in [-0.4, -0.2) is 17.1 Å². The molecule has 1 aromatic rings. The number of aliphatic hydroxyl groups is 1. The van der Waals surface area contributed by atoms with Gasteiger partial charge in [-0.05, 0) is 24.0 Å². The molecule has 0 heterocycles. The van der Waals surface area contributed by atoms with Crippen LogP contribution < -0.4 is 11.1 Å². The number of hydrogen-bond acceptors (Lipinski definition) is 3. The third-order valence-corrected chi connectivity index (χ3v) is 2.82. The van der Waals surface area contributed by atoms with Gasteiger partial charge in [-0.2, -0.15) is 0 Å². The fraction of sp³-hybridized carbons (Fsp3) is 0.500. The topological polar surface area (TPSA) is 75.4 Å². The lowest BCUT2D eigenvalue weighted by Gasteiger charge is -2.14. The molecule has 0 spiro atoms. The van der Waals surface area contributed by atoms with Crippen molar-refractivity contribution < 1.29 is 14.3 Å². The van der Waals surface area contributed by atoms with Crippen molar-refractivity contribution >= 4 is 18.3 Å². The Morgan fingerprint density at radius 1 is 1.45 bits per heavy atom. The van der Waals surface area contributed by atoms with Gasteiger partial charge in [0.1, 0.15) is 5.82 Å². The van der Waals surface area contributed by atoms with Crippen LogP contribution in [0.25, 0.3) is 0 Å². The molecule has 0 saturated heterocycles. The van der Waals surface area contributed by atoms with Crippen LogP contribution in [0, 0.1) is 11.7 Å². The first kappa shape index (κ1) is 18.8. The van der Waals surface area contributed by atoms with Crippen LogP contribution in [0.15, 0.2) is 18.2 Å². The number of halogens is 2. The van der Waals surface area contributed by atoms with Crippen molar-refractivity contribution in [2.24, 2.45) is 11.7 Å². The van der Waals surface area contributed by atoms with Crippen LogP contribution in [0.3, 0.4) is 0 Å². The van der Waals surface area contributed by atoms with Gasteiger partial charge in [-0.15, -0.1) is 12.4 Å². The second-order valence-electron chi connectivity index (χ2n) is 5.04. The molecule has 0 aliphatic carbocycles. The lowest BCUT2D eigenvalue weighted by atomic mass is 10.0. The largest absolute Gasteiger partial charge is 0.392 e. The molecule has 1 rings (SSSR count). The Balaban J connectivity index is 0.00000361. The molecule has 1 amide bonds. The van der Waals surface area contributed by atoms with Crippen molar-refractivity contribution in [1.82, 2.24) is 5.32 Å². The molecule has 1 aromatic carbocycles. The second kappa shape index (κ2) is 8.89. The van der Waals surface area contributed by atoms with Crippen molar-refractivity contribution in [2.75, 3.05) is 0 Å². The van der Waals surface area contributed by atoms with Gasteiger partial charge in [-0.3, -0.25) is 4.79 Å². The highest BCUT2D eigenvalue weighted by atomic mass is 35.5. The van der Waals surface area contributed by atoms with Crippen molar-refractivity contribution in [3.05, 3.63) is 35.1 Å². The fourth-order valence-electron chi connectivity index (χ4n) is 1.76. The zero-order chi connectivity index (χ0) is 14.4. The van der Waals surface area contributed by atoms with E-state index in [-0.39, 0.29) is 37.0 Å². The summed E-state index contributed by atoms with van der Waals surface area (Å²) in [4.78, 5) is 11.7. The van der Waals surface area contributed by atoms with E-state index in [0.29, 0.717) is 17.9 Å². The molecule has 0 aliphatic heterocycles. The van der Waals surface area contributed by atoms with E-state index in [9.17, 15) is 9.18 Å². The molecule has 4 N–H and O–H groups in total. The molecule has 0 aliphatic rings. The Labute approximate surface area is 125 Å². The van der Waals surface area contributed by atoms with Crippen LogP contribution in [0.2, 0.25) is 0 Å². The molecule has 0 radical (unpaired) electrons. The normalized spacial score (nSPS) is 11.9. The maximum absolute atomic E-state index is 13.4. The molecule has 114 valence electrons. The van der Waals surface area contributed by atoms with Gasteiger partial charge in [-0.1, -0.05) is 26.0 Å². The van der Waals surface area contributed by atoms with Crippen molar-refractivity contribution in [3.8, 4) is 0 Å². The Bertz CT molecular complexity index is 441. The van der Waals surface area contributed by atoms with Gasteiger partial charge in [0, 0.05) is 12.1 Å². The van der Waals surface area contributed by atoms with E-state index in [0.717, 1.165) is 0 Å². The minimum absolute atomic E-state index is 0. The SMILES string of the molecule is CC(C)C[C@H](N)C(=O)NCc1ccc(CO)c(F)c1.Cl. The maximum atomic E-state index is 13.4. The van der Waals surface area contributed by atoms with Crippen LogP contribution in [0.4, 0.5) is 4.39 Å². The highest BCUT2D eigenvalue weighted by Gasteiger charge is 2.14. The van der Waals surface area contributed by atoms with Crippen LogP contribution in [-0.2, 0) is 17.9 Å². The molecular formula is C14H22ClFN2O2. The smallest absolute Gasteiger partial charge is 0.237 e. The van der Waals surface area contributed by atoms with Crippen molar-refractivity contribution in [3.63, 3.8) is 0 Å². The number of nitrogens with two attached hydrogens (primary N) is 1. The Hall–Kier alpha value is -1.17. The number of nitrogens with one attached hydrogen (secondary N) is 1. The Morgan fingerprint density at radius 2 is 2.10 bits per heavy atom. The standard InChI is InChI=1S/C14H21FN2O2.ClH/c1-9(2)5-13(16)14(19)17-7-10-3-4-11(8-18)12(15)6-10;/h3-4,6,9,13,18H,5,7-8,16H2,1-2H3,(H,17,19);1H/t13-;/m0./s1. The van der Waals surface area contributed by atoms with E-state index in [1.165, 1.54) is 12.1 Å². The van der Waals surface area contributed by atoms with E-state index >= 15 is 0 Å². The van der Waals surface area contributed by atoms with Gasteiger partial charge in [0.15, 0.2) is 0 Å². The molecule has 0 saturated carbocycles. The molecule has 20 heavy (non-hydrogen) atoms. The monoisotopic (exact) mass is 304 g/mol. The molecule has 6 heteroatoms. The number of carbonyl (C=O) groups excluding carboxylic acids is 1. The summed E-state index contributed by atoms with van der Waals surface area (Å²) in [6, 6.07) is 3.94.